The molecular formula is C29H34FN3O5S. The van der Waals surface area contributed by atoms with Crippen molar-refractivity contribution in [3.63, 3.8) is 0 Å². The summed E-state index contributed by atoms with van der Waals surface area (Å²) in [5.41, 5.74) is 1.11. The van der Waals surface area contributed by atoms with Crippen molar-refractivity contribution in [2.75, 3.05) is 24.6 Å². The minimum absolute atomic E-state index is 0.0786. The number of anilines is 1. The highest BCUT2D eigenvalue weighted by atomic mass is 32.2. The van der Waals surface area contributed by atoms with Crippen LogP contribution in [0.3, 0.4) is 0 Å². The summed E-state index contributed by atoms with van der Waals surface area (Å²) in [4.78, 5) is 19.8. The van der Waals surface area contributed by atoms with Gasteiger partial charge in [0.05, 0.1) is 22.8 Å². The summed E-state index contributed by atoms with van der Waals surface area (Å²) in [6.07, 6.45) is 1.71. The van der Waals surface area contributed by atoms with Gasteiger partial charge in [-0.2, -0.15) is 0 Å². The van der Waals surface area contributed by atoms with Gasteiger partial charge in [0, 0.05) is 30.8 Å². The van der Waals surface area contributed by atoms with Crippen LogP contribution in [0.1, 0.15) is 50.9 Å². The summed E-state index contributed by atoms with van der Waals surface area (Å²) in [5.74, 6) is -0.606. The van der Waals surface area contributed by atoms with Crippen LogP contribution in [-0.2, 0) is 10.0 Å². The van der Waals surface area contributed by atoms with Crippen LogP contribution < -0.4 is 14.4 Å². The molecule has 0 radical (unpaired) electrons. The van der Waals surface area contributed by atoms with Crippen LogP contribution >= 0.6 is 0 Å². The quantitative estimate of drug-likeness (QED) is 0.384. The van der Waals surface area contributed by atoms with E-state index in [2.05, 4.69) is 18.6 Å². The molecule has 2 heterocycles. The number of nitrogens with zero attached hydrogens (tertiary/aromatic N) is 2. The van der Waals surface area contributed by atoms with E-state index in [-0.39, 0.29) is 27.5 Å². The molecule has 0 bridgehead atoms. The van der Waals surface area contributed by atoms with Gasteiger partial charge in [0.15, 0.2) is 0 Å². The van der Waals surface area contributed by atoms with Crippen molar-refractivity contribution in [3.05, 3.63) is 66.0 Å². The number of phenols is 1. The Hall–Kier alpha value is -3.66. The van der Waals surface area contributed by atoms with Crippen molar-refractivity contribution < 1.29 is 27.4 Å². The van der Waals surface area contributed by atoms with Crippen molar-refractivity contribution in [1.82, 2.24) is 9.71 Å². The third kappa shape index (κ3) is 7.06. The lowest BCUT2D eigenvalue weighted by Gasteiger charge is -2.38. The van der Waals surface area contributed by atoms with E-state index in [1.54, 1.807) is 12.1 Å². The number of pyridine rings is 1. The lowest BCUT2D eigenvalue weighted by Crippen LogP contribution is -2.39. The Morgan fingerprint density at radius 2 is 1.85 bits per heavy atom. The Morgan fingerprint density at radius 1 is 1.13 bits per heavy atom. The summed E-state index contributed by atoms with van der Waals surface area (Å²) in [5, 5.41) is 9.69. The van der Waals surface area contributed by atoms with E-state index in [0.29, 0.717) is 42.5 Å². The number of halogens is 1. The highest BCUT2D eigenvalue weighted by Gasteiger charge is 2.30. The Labute approximate surface area is 228 Å². The topological polar surface area (TPSA) is 109 Å². The molecule has 1 aliphatic heterocycles. The molecule has 0 unspecified atom stereocenters. The zero-order valence-corrected chi connectivity index (χ0v) is 23.4. The van der Waals surface area contributed by atoms with Crippen LogP contribution in [0.2, 0.25) is 0 Å². The molecule has 0 atom stereocenters. The number of hydrogen-bond donors (Lipinski definition) is 2. The van der Waals surface area contributed by atoms with Crippen LogP contribution in [-0.4, -0.2) is 44.1 Å². The summed E-state index contributed by atoms with van der Waals surface area (Å²) in [6, 6.07) is 12.5. The average molecular weight is 556 g/mol. The van der Waals surface area contributed by atoms with Gasteiger partial charge in [0.2, 0.25) is 0 Å². The molecule has 1 amide bonds. The molecule has 0 spiro atoms. The number of piperidine rings is 1. The number of carbonyl (C=O) groups is 1. The van der Waals surface area contributed by atoms with Gasteiger partial charge in [0.25, 0.3) is 15.9 Å². The number of carbonyl (C=O) groups excluding carboxylic acids is 1. The summed E-state index contributed by atoms with van der Waals surface area (Å²) < 4.78 is 48.1. The minimum atomic E-state index is -4.26. The Morgan fingerprint density at radius 3 is 2.51 bits per heavy atom. The van der Waals surface area contributed by atoms with E-state index >= 15 is 0 Å². The van der Waals surface area contributed by atoms with Crippen LogP contribution in [0.25, 0.3) is 11.3 Å². The van der Waals surface area contributed by atoms with E-state index in [1.165, 1.54) is 36.4 Å². The third-order valence-electron chi connectivity index (χ3n) is 6.64. The van der Waals surface area contributed by atoms with Crippen molar-refractivity contribution >= 4 is 21.7 Å². The Kier molecular flexibility index (Phi) is 8.15. The Bertz CT molecular complexity index is 1460. The van der Waals surface area contributed by atoms with Crippen LogP contribution in [0.15, 0.2) is 59.5 Å². The van der Waals surface area contributed by atoms with E-state index < -0.39 is 21.7 Å². The fourth-order valence-electron chi connectivity index (χ4n) is 4.29. The first-order chi connectivity index (χ1) is 18.3. The van der Waals surface area contributed by atoms with Gasteiger partial charge in [-0.1, -0.05) is 33.8 Å². The fourth-order valence-corrected chi connectivity index (χ4v) is 5.30. The molecule has 2 N–H and O–H groups in total. The smallest absolute Gasteiger partial charge is 0.268 e. The molecule has 8 nitrogen and oxygen atoms in total. The molecule has 1 saturated heterocycles. The molecular weight excluding hydrogens is 521 g/mol. The molecule has 1 aliphatic rings. The SMILES string of the molecule is CC(C)COc1cc(F)cc(-c2ccc(C(=O)NS(=O)(=O)c3cccc(O)c3)c(N3CCC(C)(C)CC3)n2)c1. The zero-order valence-electron chi connectivity index (χ0n) is 22.6. The maximum atomic E-state index is 14.5. The minimum Gasteiger partial charge on any atom is -0.508 e. The average Bonchev–Trinajstić information content (AvgIpc) is 2.86. The largest absolute Gasteiger partial charge is 0.508 e. The molecule has 1 fully saturated rings. The number of aromatic nitrogens is 1. The lowest BCUT2D eigenvalue weighted by atomic mass is 9.82. The number of hydrogen-bond acceptors (Lipinski definition) is 7. The summed E-state index contributed by atoms with van der Waals surface area (Å²) in [7, 11) is -4.26. The van der Waals surface area contributed by atoms with Gasteiger partial charge >= 0.3 is 0 Å². The molecule has 1 aromatic heterocycles. The van der Waals surface area contributed by atoms with Gasteiger partial charge < -0.3 is 14.7 Å². The standard InChI is InChI=1S/C29H34FN3O5S/c1-19(2)18-38-23-15-20(14-21(30)16-23)26-9-8-25(27(31-26)33-12-10-29(3,4)11-13-33)28(35)32-39(36,37)24-7-5-6-22(34)17-24/h5-9,14-17,19,34H,10-13,18H2,1-4H3,(H,32,35). The highest BCUT2D eigenvalue weighted by molar-refractivity contribution is 7.90. The monoisotopic (exact) mass is 555 g/mol. The van der Waals surface area contributed by atoms with Gasteiger partial charge in [-0.25, -0.2) is 22.5 Å². The number of ether oxygens (including phenoxy) is 1. The first-order valence-electron chi connectivity index (χ1n) is 12.9. The number of phenolic OH excluding ortho intramolecular Hbond substituents is 1. The lowest BCUT2D eigenvalue weighted by molar-refractivity contribution is 0.0981. The normalized spacial score (nSPS) is 15.3. The molecule has 2 aromatic carbocycles. The number of benzene rings is 2. The summed E-state index contributed by atoms with van der Waals surface area (Å²) in [6.45, 7) is 10.0. The van der Waals surface area contributed by atoms with Crippen molar-refractivity contribution in [2.24, 2.45) is 11.3 Å². The third-order valence-corrected chi connectivity index (χ3v) is 7.97. The molecule has 3 aromatic rings. The van der Waals surface area contributed by atoms with E-state index in [0.717, 1.165) is 18.9 Å². The predicted octanol–water partition coefficient (Wildman–Crippen LogP) is 5.37. The second-order valence-corrected chi connectivity index (χ2v) is 12.7. The Balaban J connectivity index is 1.71. The number of sulfonamides is 1. The molecule has 4 rings (SSSR count). The zero-order chi connectivity index (χ0) is 28.4. The first-order valence-corrected chi connectivity index (χ1v) is 14.4. The van der Waals surface area contributed by atoms with Crippen molar-refractivity contribution in [1.29, 1.82) is 0 Å². The summed E-state index contributed by atoms with van der Waals surface area (Å²) >= 11 is 0. The number of aromatic hydroxyl groups is 1. The number of amides is 1. The first kappa shape index (κ1) is 28.4. The molecule has 208 valence electrons. The van der Waals surface area contributed by atoms with Gasteiger partial charge in [-0.05, 0) is 60.6 Å². The number of rotatable bonds is 8. The highest BCUT2D eigenvalue weighted by Crippen LogP contribution is 2.34. The van der Waals surface area contributed by atoms with Crippen molar-refractivity contribution in [2.45, 2.75) is 45.4 Å². The predicted molar refractivity (Wildman–Crippen MR) is 148 cm³/mol. The fraction of sp³-hybridized carbons (Fsp3) is 0.379. The molecule has 0 aliphatic carbocycles. The second-order valence-electron chi connectivity index (χ2n) is 11.0. The molecule has 0 saturated carbocycles. The van der Waals surface area contributed by atoms with Crippen LogP contribution in [0, 0.1) is 17.2 Å². The maximum absolute atomic E-state index is 14.5. The van der Waals surface area contributed by atoms with E-state index in [1.807, 2.05) is 18.7 Å². The second kappa shape index (κ2) is 11.2. The van der Waals surface area contributed by atoms with Crippen molar-refractivity contribution in [3.8, 4) is 22.8 Å². The van der Waals surface area contributed by atoms with Gasteiger partial charge in [0.1, 0.15) is 23.1 Å². The van der Waals surface area contributed by atoms with Crippen LogP contribution in [0.5, 0.6) is 11.5 Å². The van der Waals surface area contributed by atoms with Crippen LogP contribution in [0.4, 0.5) is 10.2 Å². The molecule has 39 heavy (non-hydrogen) atoms. The van der Waals surface area contributed by atoms with Gasteiger partial charge in [-0.15, -0.1) is 0 Å². The van der Waals surface area contributed by atoms with E-state index in [9.17, 15) is 22.7 Å². The number of nitrogens with one attached hydrogen (secondary N) is 1. The van der Waals surface area contributed by atoms with E-state index in [4.69, 9.17) is 9.72 Å². The van der Waals surface area contributed by atoms with Gasteiger partial charge in [-0.3, -0.25) is 4.79 Å². The molecule has 10 heteroatoms. The maximum Gasteiger partial charge on any atom is 0.268 e.